The van der Waals surface area contributed by atoms with Crippen molar-refractivity contribution < 1.29 is 9.90 Å². The van der Waals surface area contributed by atoms with Crippen LogP contribution in [-0.4, -0.2) is 36.2 Å². The Morgan fingerprint density at radius 1 is 1.30 bits per heavy atom. The number of amides is 1. The minimum absolute atomic E-state index is 0.180. The molecule has 0 spiro atoms. The molecule has 3 unspecified atom stereocenters. The summed E-state index contributed by atoms with van der Waals surface area (Å²) in [5, 5.41) is 16.0. The minimum Gasteiger partial charge on any atom is -0.396 e. The summed E-state index contributed by atoms with van der Waals surface area (Å²) < 4.78 is 0. The summed E-state index contributed by atoms with van der Waals surface area (Å²) in [5.41, 5.74) is -0.321. The third kappa shape index (κ3) is 3.53. The Labute approximate surface area is 122 Å². The summed E-state index contributed by atoms with van der Waals surface area (Å²) in [6, 6.07) is 0. The zero-order valence-electron chi connectivity index (χ0n) is 12.8. The molecule has 0 aromatic carbocycles. The lowest BCUT2D eigenvalue weighted by atomic mass is 9.79. The Morgan fingerprint density at radius 3 is 2.65 bits per heavy atom. The molecule has 116 valence electrons. The standard InChI is InChI=1S/C16H30N2O2/c1-2-8-16(9-5-10-18-16)15(20)17-11-13-6-3-4-7-14(13)12-19/h13-14,18-19H,2-12H2,1H3,(H,17,20). The molecule has 3 atom stereocenters. The van der Waals surface area contributed by atoms with E-state index < -0.39 is 0 Å². The van der Waals surface area contributed by atoms with Crippen LogP contribution >= 0.6 is 0 Å². The van der Waals surface area contributed by atoms with E-state index in [0.29, 0.717) is 11.8 Å². The fourth-order valence-corrected chi connectivity index (χ4v) is 3.94. The second-order valence-corrected chi connectivity index (χ2v) is 6.56. The Bertz CT molecular complexity index is 314. The smallest absolute Gasteiger partial charge is 0.240 e. The number of carbonyl (C=O) groups excluding carboxylic acids is 1. The van der Waals surface area contributed by atoms with Gasteiger partial charge < -0.3 is 15.7 Å². The monoisotopic (exact) mass is 282 g/mol. The van der Waals surface area contributed by atoms with E-state index in [-0.39, 0.29) is 18.1 Å². The molecule has 4 nitrogen and oxygen atoms in total. The normalized spacial score (nSPS) is 34.1. The van der Waals surface area contributed by atoms with Gasteiger partial charge in [-0.2, -0.15) is 0 Å². The summed E-state index contributed by atoms with van der Waals surface area (Å²) >= 11 is 0. The maximum atomic E-state index is 12.6. The lowest BCUT2D eigenvalue weighted by Gasteiger charge is -2.33. The van der Waals surface area contributed by atoms with Crippen LogP contribution in [0, 0.1) is 11.8 Å². The van der Waals surface area contributed by atoms with Crippen molar-refractivity contribution in [1.29, 1.82) is 0 Å². The highest BCUT2D eigenvalue weighted by Gasteiger charge is 2.40. The zero-order chi connectivity index (χ0) is 14.4. The molecule has 3 N–H and O–H groups in total. The van der Waals surface area contributed by atoms with Crippen molar-refractivity contribution in [2.24, 2.45) is 11.8 Å². The second kappa shape index (κ2) is 7.41. The number of carbonyl (C=O) groups is 1. The topological polar surface area (TPSA) is 61.4 Å². The molecule has 0 bridgehead atoms. The van der Waals surface area contributed by atoms with Crippen molar-refractivity contribution in [3.63, 3.8) is 0 Å². The zero-order valence-corrected chi connectivity index (χ0v) is 12.8. The first-order chi connectivity index (χ1) is 9.72. The highest BCUT2D eigenvalue weighted by molar-refractivity contribution is 5.86. The molecule has 1 saturated carbocycles. The Morgan fingerprint density at radius 2 is 2.05 bits per heavy atom. The van der Waals surface area contributed by atoms with Crippen LogP contribution in [0.4, 0.5) is 0 Å². The van der Waals surface area contributed by atoms with Crippen LogP contribution in [0.2, 0.25) is 0 Å². The molecule has 1 aliphatic carbocycles. The van der Waals surface area contributed by atoms with Crippen LogP contribution < -0.4 is 10.6 Å². The van der Waals surface area contributed by atoms with Gasteiger partial charge in [-0.1, -0.05) is 26.2 Å². The van der Waals surface area contributed by atoms with Crippen LogP contribution in [0.5, 0.6) is 0 Å². The first-order valence-electron chi connectivity index (χ1n) is 8.36. The van der Waals surface area contributed by atoms with E-state index in [1.807, 2.05) is 0 Å². The molecule has 0 aromatic heterocycles. The van der Waals surface area contributed by atoms with Gasteiger partial charge in [0.25, 0.3) is 0 Å². The van der Waals surface area contributed by atoms with Crippen LogP contribution in [0.15, 0.2) is 0 Å². The van der Waals surface area contributed by atoms with E-state index in [9.17, 15) is 9.90 Å². The van der Waals surface area contributed by atoms with Gasteiger partial charge in [0.2, 0.25) is 5.91 Å². The highest BCUT2D eigenvalue weighted by atomic mass is 16.3. The molecule has 4 heteroatoms. The van der Waals surface area contributed by atoms with Crippen molar-refractivity contribution in [3.8, 4) is 0 Å². The Hall–Kier alpha value is -0.610. The van der Waals surface area contributed by atoms with Gasteiger partial charge in [-0.05, 0) is 50.5 Å². The summed E-state index contributed by atoms with van der Waals surface area (Å²) in [5.74, 6) is 1.01. The number of hydrogen-bond acceptors (Lipinski definition) is 3. The SMILES string of the molecule is CCCC1(C(=O)NCC2CCCCC2CO)CCCN1. The van der Waals surface area contributed by atoms with Crippen molar-refractivity contribution in [2.75, 3.05) is 19.7 Å². The molecule has 20 heavy (non-hydrogen) atoms. The van der Waals surface area contributed by atoms with E-state index in [4.69, 9.17) is 0 Å². The van der Waals surface area contributed by atoms with Crippen LogP contribution in [0.25, 0.3) is 0 Å². The largest absolute Gasteiger partial charge is 0.396 e. The summed E-state index contributed by atoms with van der Waals surface area (Å²) in [7, 11) is 0. The number of rotatable bonds is 6. The average Bonchev–Trinajstić information content (AvgIpc) is 2.95. The number of aliphatic hydroxyl groups excluding tert-OH is 1. The van der Waals surface area contributed by atoms with Crippen LogP contribution in [0.1, 0.15) is 58.3 Å². The number of aliphatic hydroxyl groups is 1. The molecule has 0 aromatic rings. The fourth-order valence-electron chi connectivity index (χ4n) is 3.94. The molecule has 1 heterocycles. The van der Waals surface area contributed by atoms with Crippen LogP contribution in [0.3, 0.4) is 0 Å². The Balaban J connectivity index is 1.87. The van der Waals surface area contributed by atoms with E-state index in [2.05, 4.69) is 17.6 Å². The van der Waals surface area contributed by atoms with Gasteiger partial charge in [-0.25, -0.2) is 0 Å². The third-order valence-electron chi connectivity index (χ3n) is 5.18. The average molecular weight is 282 g/mol. The van der Waals surface area contributed by atoms with Crippen molar-refractivity contribution >= 4 is 5.91 Å². The van der Waals surface area contributed by atoms with E-state index in [0.717, 1.165) is 51.6 Å². The van der Waals surface area contributed by atoms with Crippen LogP contribution in [-0.2, 0) is 4.79 Å². The van der Waals surface area contributed by atoms with Gasteiger partial charge in [0.15, 0.2) is 0 Å². The predicted molar refractivity (Wildman–Crippen MR) is 80.4 cm³/mol. The maximum Gasteiger partial charge on any atom is 0.240 e. The van der Waals surface area contributed by atoms with Gasteiger partial charge in [0.1, 0.15) is 0 Å². The van der Waals surface area contributed by atoms with E-state index in [1.54, 1.807) is 0 Å². The molecular formula is C16H30N2O2. The molecule has 2 fully saturated rings. The quantitative estimate of drug-likeness (QED) is 0.696. The molecular weight excluding hydrogens is 252 g/mol. The predicted octanol–water partition coefficient (Wildman–Crippen LogP) is 1.82. The minimum atomic E-state index is -0.321. The number of hydrogen-bond donors (Lipinski definition) is 3. The molecule has 1 amide bonds. The van der Waals surface area contributed by atoms with Crippen molar-refractivity contribution in [2.45, 2.75) is 63.8 Å². The van der Waals surface area contributed by atoms with Gasteiger partial charge in [0, 0.05) is 13.2 Å². The molecule has 2 aliphatic rings. The van der Waals surface area contributed by atoms with Gasteiger partial charge in [-0.3, -0.25) is 4.79 Å². The van der Waals surface area contributed by atoms with Crippen molar-refractivity contribution in [3.05, 3.63) is 0 Å². The van der Waals surface area contributed by atoms with Gasteiger partial charge >= 0.3 is 0 Å². The summed E-state index contributed by atoms with van der Waals surface area (Å²) in [6.07, 6.45) is 8.70. The molecule has 2 rings (SSSR count). The molecule has 1 aliphatic heterocycles. The lowest BCUT2D eigenvalue weighted by Crippen LogP contribution is -2.54. The first kappa shape index (κ1) is 15.8. The highest BCUT2D eigenvalue weighted by Crippen LogP contribution is 2.30. The van der Waals surface area contributed by atoms with Gasteiger partial charge in [0.05, 0.1) is 5.54 Å². The Kier molecular flexibility index (Phi) is 5.85. The van der Waals surface area contributed by atoms with Crippen molar-refractivity contribution in [1.82, 2.24) is 10.6 Å². The number of nitrogens with one attached hydrogen (secondary N) is 2. The van der Waals surface area contributed by atoms with E-state index >= 15 is 0 Å². The summed E-state index contributed by atoms with van der Waals surface area (Å²) in [4.78, 5) is 12.6. The molecule has 0 radical (unpaired) electrons. The third-order valence-corrected chi connectivity index (χ3v) is 5.18. The first-order valence-corrected chi connectivity index (χ1v) is 8.36. The fraction of sp³-hybridized carbons (Fsp3) is 0.938. The van der Waals surface area contributed by atoms with Gasteiger partial charge in [-0.15, -0.1) is 0 Å². The lowest BCUT2D eigenvalue weighted by molar-refractivity contribution is -0.127. The second-order valence-electron chi connectivity index (χ2n) is 6.56. The van der Waals surface area contributed by atoms with E-state index in [1.165, 1.54) is 12.8 Å². The maximum absolute atomic E-state index is 12.6. The summed E-state index contributed by atoms with van der Waals surface area (Å²) in [6.45, 7) is 4.09. The molecule has 1 saturated heterocycles.